The summed E-state index contributed by atoms with van der Waals surface area (Å²) >= 11 is 1.85. The van der Waals surface area contributed by atoms with E-state index in [1.54, 1.807) is 0 Å². The molecule has 3 nitrogen and oxygen atoms in total. The minimum absolute atomic E-state index is 0.859. The fourth-order valence-corrected chi connectivity index (χ4v) is 10.9. The number of thiophene rings is 1. The van der Waals surface area contributed by atoms with Crippen molar-refractivity contribution in [1.29, 1.82) is 0 Å². The molecule has 0 aliphatic heterocycles. The van der Waals surface area contributed by atoms with Crippen molar-refractivity contribution in [3.63, 3.8) is 0 Å². The normalized spacial score (nSPS) is 11.8. The summed E-state index contributed by atoms with van der Waals surface area (Å²) in [6, 6.07) is 83.3. The van der Waals surface area contributed by atoms with Crippen LogP contribution in [-0.2, 0) is 0 Å². The number of aromatic nitrogens is 1. The first-order valence-electron chi connectivity index (χ1n) is 21.7. The van der Waals surface area contributed by atoms with Gasteiger partial charge in [-0.3, -0.25) is 0 Å². The average molecular weight is 835 g/mol. The van der Waals surface area contributed by atoms with Crippen LogP contribution in [0, 0.1) is 0 Å². The number of fused-ring (bicyclic) bond motifs is 9. The van der Waals surface area contributed by atoms with E-state index in [1.165, 1.54) is 58.7 Å². The Morgan fingerprint density at radius 2 is 0.969 bits per heavy atom. The van der Waals surface area contributed by atoms with Crippen molar-refractivity contribution in [3.8, 4) is 39.1 Å². The Morgan fingerprint density at radius 3 is 1.75 bits per heavy atom. The van der Waals surface area contributed by atoms with Crippen LogP contribution in [0.3, 0.4) is 0 Å². The highest BCUT2D eigenvalue weighted by Gasteiger charge is 2.23. The van der Waals surface area contributed by atoms with Crippen LogP contribution < -0.4 is 4.90 Å². The molecular formula is C60H38N2OS. The van der Waals surface area contributed by atoms with Crippen LogP contribution in [0.15, 0.2) is 235 Å². The Balaban J connectivity index is 0.967. The van der Waals surface area contributed by atoms with Crippen molar-refractivity contribution in [2.45, 2.75) is 0 Å². The third-order valence-electron chi connectivity index (χ3n) is 12.8. The summed E-state index contributed by atoms with van der Waals surface area (Å²) in [4.78, 5) is 2.39. The van der Waals surface area contributed by atoms with Gasteiger partial charge >= 0.3 is 0 Å². The summed E-state index contributed by atoms with van der Waals surface area (Å²) in [5, 5.41) is 7.27. The minimum Gasteiger partial charge on any atom is -0.455 e. The number of benzene rings is 10. The molecule has 13 aromatic rings. The van der Waals surface area contributed by atoms with Crippen molar-refractivity contribution in [1.82, 2.24) is 4.57 Å². The van der Waals surface area contributed by atoms with E-state index in [4.69, 9.17) is 4.42 Å². The summed E-state index contributed by atoms with van der Waals surface area (Å²) in [6.45, 7) is 0. The maximum Gasteiger partial charge on any atom is 0.145 e. The van der Waals surface area contributed by atoms with Gasteiger partial charge in [0.25, 0.3) is 0 Å². The van der Waals surface area contributed by atoms with Gasteiger partial charge in [0, 0.05) is 59.0 Å². The van der Waals surface area contributed by atoms with Gasteiger partial charge in [0.1, 0.15) is 11.2 Å². The molecule has 300 valence electrons. The van der Waals surface area contributed by atoms with Crippen molar-refractivity contribution < 1.29 is 4.42 Å². The van der Waals surface area contributed by atoms with Crippen LogP contribution in [0.5, 0.6) is 0 Å². The van der Waals surface area contributed by atoms with E-state index in [9.17, 15) is 0 Å². The number of rotatable bonds is 7. The predicted molar refractivity (Wildman–Crippen MR) is 272 cm³/mol. The molecule has 0 aliphatic carbocycles. The van der Waals surface area contributed by atoms with Crippen LogP contribution in [0.2, 0.25) is 0 Å². The number of para-hydroxylation sites is 3. The fourth-order valence-electron chi connectivity index (χ4n) is 9.81. The van der Waals surface area contributed by atoms with Crippen molar-refractivity contribution >= 4 is 92.3 Å². The quantitative estimate of drug-likeness (QED) is 0.159. The van der Waals surface area contributed by atoms with E-state index < -0.39 is 0 Å². The molecule has 0 saturated carbocycles. The summed E-state index contributed by atoms with van der Waals surface area (Å²) in [7, 11) is 0. The number of nitrogens with zero attached hydrogens (tertiary/aromatic N) is 2. The molecule has 0 N–H and O–H groups in total. The van der Waals surface area contributed by atoms with Gasteiger partial charge in [-0.05, 0) is 113 Å². The topological polar surface area (TPSA) is 21.3 Å². The van der Waals surface area contributed by atoms with Gasteiger partial charge in [-0.2, -0.15) is 0 Å². The monoisotopic (exact) mass is 834 g/mol. The van der Waals surface area contributed by atoms with Crippen LogP contribution >= 0.6 is 11.3 Å². The number of furan rings is 1. The molecule has 64 heavy (non-hydrogen) atoms. The van der Waals surface area contributed by atoms with E-state index in [1.807, 2.05) is 11.3 Å². The fraction of sp³-hybridized carbons (Fsp3) is 0. The first-order chi connectivity index (χ1) is 31.7. The average Bonchev–Trinajstić information content (AvgIpc) is 4.05. The zero-order chi connectivity index (χ0) is 42.1. The zero-order valence-corrected chi connectivity index (χ0v) is 35.5. The molecule has 4 heteroatoms. The van der Waals surface area contributed by atoms with E-state index in [-0.39, 0.29) is 0 Å². The van der Waals surface area contributed by atoms with Gasteiger partial charge in [-0.15, -0.1) is 11.3 Å². The van der Waals surface area contributed by atoms with Crippen LogP contribution in [0.4, 0.5) is 17.1 Å². The Hall–Kier alpha value is -8.18. The van der Waals surface area contributed by atoms with E-state index in [0.717, 1.165) is 61.4 Å². The molecule has 0 fully saturated rings. The van der Waals surface area contributed by atoms with Gasteiger partial charge in [-0.1, -0.05) is 146 Å². The lowest BCUT2D eigenvalue weighted by molar-refractivity contribution is 0.670. The molecule has 13 rings (SSSR count). The lowest BCUT2D eigenvalue weighted by Gasteiger charge is -2.27. The lowest BCUT2D eigenvalue weighted by Crippen LogP contribution is -2.10. The van der Waals surface area contributed by atoms with Crippen LogP contribution in [-0.4, -0.2) is 4.57 Å². The highest BCUT2D eigenvalue weighted by Crippen LogP contribution is 2.47. The van der Waals surface area contributed by atoms with Crippen molar-refractivity contribution in [3.05, 3.63) is 231 Å². The van der Waals surface area contributed by atoms with Gasteiger partial charge in [0.15, 0.2) is 0 Å². The van der Waals surface area contributed by atoms with Gasteiger partial charge in [0.05, 0.1) is 22.1 Å². The van der Waals surface area contributed by atoms with Crippen LogP contribution in [0.25, 0.3) is 103 Å². The molecule has 0 unspecified atom stereocenters. The van der Waals surface area contributed by atoms with Crippen molar-refractivity contribution in [2.24, 2.45) is 0 Å². The second kappa shape index (κ2) is 14.7. The number of hydrogen-bond donors (Lipinski definition) is 0. The molecule has 0 aliphatic rings. The minimum atomic E-state index is 0.859. The molecule has 0 radical (unpaired) electrons. The predicted octanol–water partition coefficient (Wildman–Crippen LogP) is 17.5. The molecule has 0 atom stereocenters. The molecular weight excluding hydrogens is 797 g/mol. The standard InChI is InChI=1S/C60H38N2OS/c1-2-13-39(14-3-1)42-15-12-16-46(37-42)61(44-30-25-40(26-31-44)43-29-36-58-52(38-43)50-19-7-11-24-57(50)64-58)55-35-34-47(60-59(55)51-20-6-10-23-56(51)63-60)41-27-32-45(33-28-41)62-53-21-8-4-17-48(53)49-18-5-9-22-54(49)62/h1-38H. The Bertz CT molecular complexity index is 3840. The SMILES string of the molecule is c1ccc(-c2cccc(N(c3ccc(-c4ccc5sc6ccccc6c5c4)cc3)c3ccc(-c4ccc(-n5c6ccccc6c6ccccc65)cc4)c4oc5ccccc5c34)c2)cc1. The van der Waals surface area contributed by atoms with Gasteiger partial charge in [-0.25, -0.2) is 0 Å². The first kappa shape index (κ1) is 36.5. The summed E-state index contributed by atoms with van der Waals surface area (Å²) in [6.07, 6.45) is 0. The number of anilines is 3. The zero-order valence-electron chi connectivity index (χ0n) is 34.7. The Kier molecular flexibility index (Phi) is 8.40. The van der Waals surface area contributed by atoms with Gasteiger partial charge in [0.2, 0.25) is 0 Å². The number of hydrogen-bond acceptors (Lipinski definition) is 3. The third kappa shape index (κ3) is 5.88. The maximum absolute atomic E-state index is 6.92. The van der Waals surface area contributed by atoms with E-state index in [0.29, 0.717) is 0 Å². The largest absolute Gasteiger partial charge is 0.455 e. The van der Waals surface area contributed by atoms with Crippen LogP contribution in [0.1, 0.15) is 0 Å². The molecule has 3 heterocycles. The molecule has 0 spiro atoms. The molecule has 3 aromatic heterocycles. The molecule has 0 bridgehead atoms. The molecule has 0 saturated heterocycles. The van der Waals surface area contributed by atoms with Gasteiger partial charge < -0.3 is 13.9 Å². The highest BCUT2D eigenvalue weighted by atomic mass is 32.1. The summed E-state index contributed by atoms with van der Waals surface area (Å²) in [5.41, 5.74) is 15.3. The molecule has 10 aromatic carbocycles. The summed E-state index contributed by atoms with van der Waals surface area (Å²) < 4.78 is 11.9. The maximum atomic E-state index is 6.92. The second-order valence-electron chi connectivity index (χ2n) is 16.5. The van der Waals surface area contributed by atoms with E-state index in [2.05, 4.69) is 240 Å². The second-order valence-corrected chi connectivity index (χ2v) is 17.5. The summed E-state index contributed by atoms with van der Waals surface area (Å²) in [5.74, 6) is 0. The molecule has 0 amide bonds. The van der Waals surface area contributed by atoms with E-state index >= 15 is 0 Å². The Morgan fingerprint density at radius 1 is 0.375 bits per heavy atom. The first-order valence-corrected chi connectivity index (χ1v) is 22.6. The smallest absolute Gasteiger partial charge is 0.145 e. The lowest BCUT2D eigenvalue weighted by atomic mass is 9.98. The Labute approximate surface area is 373 Å². The highest BCUT2D eigenvalue weighted by molar-refractivity contribution is 7.25. The van der Waals surface area contributed by atoms with Crippen molar-refractivity contribution in [2.75, 3.05) is 4.90 Å². The third-order valence-corrected chi connectivity index (χ3v) is 14.0.